The summed E-state index contributed by atoms with van der Waals surface area (Å²) in [7, 11) is 1.99. The summed E-state index contributed by atoms with van der Waals surface area (Å²) in [5.41, 5.74) is 3.73. The highest BCUT2D eigenvalue weighted by atomic mass is 32.1. The summed E-state index contributed by atoms with van der Waals surface area (Å²) in [5, 5.41) is 10.2. The van der Waals surface area contributed by atoms with Crippen molar-refractivity contribution in [3.8, 4) is 0 Å². The second kappa shape index (κ2) is 8.59. The second-order valence-electron chi connectivity index (χ2n) is 6.90. The molecule has 0 saturated carbocycles. The first kappa shape index (κ1) is 19.4. The lowest BCUT2D eigenvalue weighted by Gasteiger charge is -2.28. The van der Waals surface area contributed by atoms with Crippen LogP contribution < -0.4 is 9.47 Å². The summed E-state index contributed by atoms with van der Waals surface area (Å²) in [6.07, 6.45) is 8.16. The number of thiazole rings is 1. The number of carbonyl (C=O) groups is 1. The SMILES string of the molecule is C[n+]1c(/C=C/C=C/c2ccc(N3CCOCC3)cc2)sc2cc(C(=O)O)ccc21. The van der Waals surface area contributed by atoms with Crippen LogP contribution in [0, 0.1) is 0 Å². The van der Waals surface area contributed by atoms with Gasteiger partial charge in [0.15, 0.2) is 0 Å². The van der Waals surface area contributed by atoms with E-state index < -0.39 is 5.97 Å². The molecule has 1 aromatic heterocycles. The molecule has 1 aliphatic rings. The van der Waals surface area contributed by atoms with Crippen LogP contribution >= 0.6 is 11.3 Å². The van der Waals surface area contributed by atoms with Gasteiger partial charge in [0.1, 0.15) is 11.7 Å². The Morgan fingerprint density at radius 2 is 1.83 bits per heavy atom. The van der Waals surface area contributed by atoms with Gasteiger partial charge in [-0.05, 0) is 29.8 Å². The molecule has 3 aromatic rings. The predicted octanol–water partition coefficient (Wildman–Crippen LogP) is 3.99. The van der Waals surface area contributed by atoms with Crippen LogP contribution in [-0.4, -0.2) is 37.4 Å². The number of ether oxygens (including phenoxy) is 1. The Morgan fingerprint density at radius 3 is 2.55 bits per heavy atom. The molecule has 148 valence electrons. The number of aromatic nitrogens is 1. The number of carboxylic acids is 1. The molecule has 0 spiro atoms. The summed E-state index contributed by atoms with van der Waals surface area (Å²) in [4.78, 5) is 13.5. The van der Waals surface area contributed by atoms with Gasteiger partial charge < -0.3 is 14.7 Å². The third-order valence-corrected chi connectivity index (χ3v) is 6.19. The number of allylic oxidation sites excluding steroid dienone is 2. The molecule has 4 rings (SSSR count). The van der Waals surface area contributed by atoms with E-state index >= 15 is 0 Å². The first-order chi connectivity index (χ1) is 14.1. The fourth-order valence-corrected chi connectivity index (χ4v) is 4.48. The molecule has 2 heterocycles. The average Bonchev–Trinajstić information content (AvgIpc) is 3.07. The Labute approximate surface area is 173 Å². The number of fused-ring (bicyclic) bond motifs is 1. The maximum absolute atomic E-state index is 11.2. The van der Waals surface area contributed by atoms with E-state index in [1.165, 1.54) is 5.69 Å². The molecule has 1 aliphatic heterocycles. The van der Waals surface area contributed by atoms with Gasteiger partial charge in [-0.25, -0.2) is 4.79 Å². The van der Waals surface area contributed by atoms with Crippen molar-refractivity contribution in [1.29, 1.82) is 0 Å². The number of benzene rings is 2. The standard InChI is InChI=1S/C23H22N2O3S/c1-24-20-11-8-18(23(26)27)16-21(20)29-22(24)5-3-2-4-17-6-9-19(10-7-17)25-12-14-28-15-13-25/h2-11,16H,12-15H2,1H3/p+1. The molecule has 0 atom stereocenters. The fourth-order valence-electron chi connectivity index (χ4n) is 3.37. The van der Waals surface area contributed by atoms with Crippen LogP contribution in [0.5, 0.6) is 0 Å². The van der Waals surface area contributed by atoms with Crippen LogP contribution in [0.4, 0.5) is 5.69 Å². The van der Waals surface area contributed by atoms with Crippen molar-refractivity contribution >= 4 is 45.4 Å². The van der Waals surface area contributed by atoms with E-state index in [0.717, 1.165) is 47.1 Å². The van der Waals surface area contributed by atoms with Gasteiger partial charge in [-0.2, -0.15) is 4.57 Å². The molecule has 0 aliphatic carbocycles. The Morgan fingerprint density at radius 1 is 1.10 bits per heavy atom. The zero-order valence-corrected chi connectivity index (χ0v) is 17.1. The van der Waals surface area contributed by atoms with E-state index in [4.69, 9.17) is 9.84 Å². The molecule has 6 heteroatoms. The maximum Gasteiger partial charge on any atom is 0.335 e. The summed E-state index contributed by atoms with van der Waals surface area (Å²) in [5.74, 6) is -0.900. The number of aryl methyl sites for hydroxylation is 1. The lowest BCUT2D eigenvalue weighted by molar-refractivity contribution is -0.642. The molecular formula is C23H23N2O3S+. The maximum atomic E-state index is 11.2. The average molecular weight is 408 g/mol. The first-order valence-electron chi connectivity index (χ1n) is 9.55. The van der Waals surface area contributed by atoms with Crippen molar-refractivity contribution in [1.82, 2.24) is 0 Å². The summed E-state index contributed by atoms with van der Waals surface area (Å²) >= 11 is 1.58. The molecule has 0 unspecified atom stereocenters. The summed E-state index contributed by atoms with van der Waals surface area (Å²) < 4.78 is 8.45. The van der Waals surface area contributed by atoms with Gasteiger partial charge in [-0.1, -0.05) is 41.7 Å². The summed E-state index contributed by atoms with van der Waals surface area (Å²) in [6, 6.07) is 13.8. The highest BCUT2D eigenvalue weighted by Gasteiger charge is 2.16. The fraction of sp³-hybridized carbons (Fsp3) is 0.217. The van der Waals surface area contributed by atoms with Crippen LogP contribution in [0.25, 0.3) is 22.4 Å². The Kier molecular flexibility index (Phi) is 5.74. The lowest BCUT2D eigenvalue weighted by atomic mass is 10.1. The van der Waals surface area contributed by atoms with Crippen molar-refractivity contribution in [2.75, 3.05) is 31.2 Å². The zero-order chi connectivity index (χ0) is 20.2. The van der Waals surface area contributed by atoms with Crippen molar-refractivity contribution in [2.24, 2.45) is 7.05 Å². The lowest BCUT2D eigenvalue weighted by Crippen LogP contribution is -2.36. The molecule has 1 fully saturated rings. The molecule has 29 heavy (non-hydrogen) atoms. The first-order valence-corrected chi connectivity index (χ1v) is 10.4. The highest BCUT2D eigenvalue weighted by molar-refractivity contribution is 7.18. The minimum Gasteiger partial charge on any atom is -0.478 e. The smallest absolute Gasteiger partial charge is 0.335 e. The minimum absolute atomic E-state index is 0.315. The van der Waals surface area contributed by atoms with Crippen molar-refractivity contribution in [3.63, 3.8) is 0 Å². The van der Waals surface area contributed by atoms with Crippen LogP contribution in [-0.2, 0) is 11.8 Å². The molecule has 2 aromatic carbocycles. The Hall–Kier alpha value is -2.96. The quantitative estimate of drug-likeness (QED) is 0.513. The molecule has 0 bridgehead atoms. The van der Waals surface area contributed by atoms with E-state index in [1.54, 1.807) is 23.5 Å². The molecular weight excluding hydrogens is 384 g/mol. The molecule has 1 N–H and O–H groups in total. The normalized spacial score (nSPS) is 15.0. The van der Waals surface area contributed by atoms with Gasteiger partial charge in [-0.15, -0.1) is 0 Å². The molecule has 0 amide bonds. The molecule has 5 nitrogen and oxygen atoms in total. The molecule has 1 saturated heterocycles. The van der Waals surface area contributed by atoms with E-state index in [0.29, 0.717) is 5.56 Å². The van der Waals surface area contributed by atoms with Crippen LogP contribution in [0.15, 0.2) is 54.6 Å². The third kappa shape index (κ3) is 4.39. The highest BCUT2D eigenvalue weighted by Crippen LogP contribution is 2.23. The van der Waals surface area contributed by atoms with Crippen molar-refractivity contribution in [2.45, 2.75) is 0 Å². The number of carboxylic acid groups (broad SMARTS) is 1. The number of rotatable bonds is 5. The number of morpholine rings is 1. The van der Waals surface area contributed by atoms with Crippen LogP contribution in [0.3, 0.4) is 0 Å². The number of hydrogen-bond acceptors (Lipinski definition) is 4. The Bertz CT molecular complexity index is 1080. The van der Waals surface area contributed by atoms with E-state index in [9.17, 15) is 4.79 Å². The second-order valence-corrected chi connectivity index (χ2v) is 7.96. The third-order valence-electron chi connectivity index (χ3n) is 5.02. The van der Waals surface area contributed by atoms with Crippen molar-refractivity contribution in [3.05, 3.63) is 70.8 Å². The van der Waals surface area contributed by atoms with Gasteiger partial charge in [0, 0.05) is 30.9 Å². The predicted molar refractivity (Wildman–Crippen MR) is 118 cm³/mol. The Balaban J connectivity index is 1.44. The van der Waals surface area contributed by atoms with Gasteiger partial charge in [-0.3, -0.25) is 0 Å². The van der Waals surface area contributed by atoms with Crippen LogP contribution in [0.1, 0.15) is 20.9 Å². The van der Waals surface area contributed by atoms with Gasteiger partial charge in [0.2, 0.25) is 5.52 Å². The van der Waals surface area contributed by atoms with E-state index in [2.05, 4.69) is 39.8 Å². The summed E-state index contributed by atoms with van der Waals surface area (Å²) in [6.45, 7) is 3.47. The van der Waals surface area contributed by atoms with Gasteiger partial charge in [0.25, 0.3) is 5.01 Å². The topological polar surface area (TPSA) is 53.7 Å². The van der Waals surface area contributed by atoms with Gasteiger partial charge >= 0.3 is 5.97 Å². The number of aromatic carboxylic acids is 1. The minimum atomic E-state index is -0.900. The monoisotopic (exact) mass is 407 g/mol. The largest absolute Gasteiger partial charge is 0.478 e. The number of anilines is 1. The van der Waals surface area contributed by atoms with Gasteiger partial charge in [0.05, 0.1) is 18.8 Å². The van der Waals surface area contributed by atoms with Crippen LogP contribution in [0.2, 0.25) is 0 Å². The molecule has 0 radical (unpaired) electrons. The zero-order valence-electron chi connectivity index (χ0n) is 16.2. The van der Waals surface area contributed by atoms with E-state index in [1.807, 2.05) is 31.3 Å². The number of nitrogens with zero attached hydrogens (tertiary/aromatic N) is 2. The van der Waals surface area contributed by atoms with Crippen molar-refractivity contribution < 1.29 is 19.2 Å². The number of hydrogen-bond donors (Lipinski definition) is 1. The van der Waals surface area contributed by atoms with E-state index in [-0.39, 0.29) is 0 Å².